The minimum absolute atomic E-state index is 0.0396. The van der Waals surface area contributed by atoms with Crippen LogP contribution in [0, 0.1) is 6.92 Å². The molecule has 11 nitrogen and oxygen atoms in total. The monoisotopic (exact) mass is 467 g/mol. The maximum absolute atomic E-state index is 12.2. The highest BCUT2D eigenvalue weighted by atomic mass is 16.5. The Kier molecular flexibility index (Phi) is 5.71. The van der Waals surface area contributed by atoms with Gasteiger partial charge in [-0.25, -0.2) is 19.9 Å². The number of carbonyl (C=O) groups excluding carboxylic acids is 1. The Morgan fingerprint density at radius 2 is 1.97 bits per heavy atom. The minimum atomic E-state index is -0.738. The fraction of sp³-hybridized carbons (Fsp3) is 0.125. The summed E-state index contributed by atoms with van der Waals surface area (Å²) in [7, 11) is 0. The summed E-state index contributed by atoms with van der Waals surface area (Å²) in [5, 5.41) is 7.96. The molecule has 35 heavy (non-hydrogen) atoms. The number of H-pyrrole nitrogens is 1. The predicted molar refractivity (Wildman–Crippen MR) is 129 cm³/mol. The maximum atomic E-state index is 12.2. The number of nitrogens with one attached hydrogen (secondary N) is 1. The highest BCUT2D eigenvalue weighted by Gasteiger charge is 2.20. The lowest BCUT2D eigenvalue weighted by atomic mass is 9.94. The second kappa shape index (κ2) is 9.14. The van der Waals surface area contributed by atoms with Crippen LogP contribution in [0.3, 0.4) is 0 Å². The summed E-state index contributed by atoms with van der Waals surface area (Å²) in [6.45, 7) is 2.29. The zero-order valence-corrected chi connectivity index (χ0v) is 18.8. The van der Waals surface area contributed by atoms with E-state index < -0.39 is 5.91 Å². The van der Waals surface area contributed by atoms with Gasteiger partial charge in [0.25, 0.3) is 5.91 Å². The fourth-order valence-electron chi connectivity index (χ4n) is 3.83. The van der Waals surface area contributed by atoms with Crippen molar-refractivity contribution < 1.29 is 9.53 Å². The minimum Gasteiger partial charge on any atom is -0.463 e. The van der Waals surface area contributed by atoms with Gasteiger partial charge in [0.05, 0.1) is 35.4 Å². The fourth-order valence-corrected chi connectivity index (χ4v) is 3.83. The number of nitrogens with two attached hydrogens (primary N) is 2. The summed E-state index contributed by atoms with van der Waals surface area (Å²) >= 11 is 0. The van der Waals surface area contributed by atoms with Crippen LogP contribution >= 0.6 is 0 Å². The quantitative estimate of drug-likeness (QED) is 0.325. The number of ether oxygens (including phenoxy) is 1. The van der Waals surface area contributed by atoms with Crippen LogP contribution in [-0.2, 0) is 6.42 Å². The average Bonchev–Trinajstić information content (AvgIpc) is 3.34. The molecule has 4 heterocycles. The molecule has 0 aliphatic carbocycles. The van der Waals surface area contributed by atoms with Gasteiger partial charge in [-0.3, -0.25) is 9.89 Å². The molecule has 1 amide bonds. The van der Waals surface area contributed by atoms with Gasteiger partial charge in [-0.1, -0.05) is 6.07 Å². The molecular formula is C24H21N9O2. The van der Waals surface area contributed by atoms with Crippen molar-refractivity contribution in [3.8, 4) is 28.5 Å². The second-order valence-electron chi connectivity index (χ2n) is 7.79. The first-order chi connectivity index (χ1) is 17.0. The number of fused-ring (bicyclic) bond motifs is 1. The third kappa shape index (κ3) is 4.34. The van der Waals surface area contributed by atoms with Gasteiger partial charge in [0.15, 0.2) is 5.69 Å². The van der Waals surface area contributed by atoms with Crippen LogP contribution < -0.4 is 16.2 Å². The molecule has 0 spiro atoms. The van der Waals surface area contributed by atoms with E-state index in [0.717, 1.165) is 27.7 Å². The van der Waals surface area contributed by atoms with Crippen LogP contribution in [0.25, 0.3) is 33.4 Å². The number of nitrogen functional groups attached to an aromatic ring is 1. The van der Waals surface area contributed by atoms with Gasteiger partial charge in [-0.15, -0.1) is 0 Å². The lowest BCUT2D eigenvalue weighted by Crippen LogP contribution is -2.17. The van der Waals surface area contributed by atoms with E-state index >= 15 is 0 Å². The molecule has 0 fully saturated rings. The van der Waals surface area contributed by atoms with Crippen molar-refractivity contribution in [1.82, 2.24) is 35.1 Å². The maximum Gasteiger partial charge on any atom is 0.316 e. The van der Waals surface area contributed by atoms with Crippen molar-refractivity contribution in [2.75, 3.05) is 12.3 Å². The van der Waals surface area contributed by atoms with E-state index in [1.54, 1.807) is 30.7 Å². The van der Waals surface area contributed by atoms with Crippen molar-refractivity contribution >= 4 is 22.5 Å². The number of amides is 1. The van der Waals surface area contributed by atoms with Crippen molar-refractivity contribution in [3.05, 3.63) is 72.2 Å². The van der Waals surface area contributed by atoms with E-state index in [2.05, 4.69) is 35.1 Å². The molecule has 4 aromatic heterocycles. The summed E-state index contributed by atoms with van der Waals surface area (Å²) < 4.78 is 5.72. The summed E-state index contributed by atoms with van der Waals surface area (Å²) in [4.78, 5) is 33.4. The zero-order valence-electron chi connectivity index (χ0n) is 18.8. The van der Waals surface area contributed by atoms with E-state index in [9.17, 15) is 4.79 Å². The molecule has 0 unspecified atom stereocenters. The third-order valence-corrected chi connectivity index (χ3v) is 5.52. The number of hydrogen-bond acceptors (Lipinski definition) is 9. The highest BCUT2D eigenvalue weighted by molar-refractivity contribution is 6.05. The third-order valence-electron chi connectivity index (χ3n) is 5.52. The molecule has 0 saturated heterocycles. The highest BCUT2D eigenvalue weighted by Crippen LogP contribution is 2.37. The molecule has 174 valence electrons. The second-order valence-corrected chi connectivity index (χ2v) is 7.79. The Hall–Kier alpha value is -4.93. The summed E-state index contributed by atoms with van der Waals surface area (Å²) in [6, 6.07) is 9.33. The standard InChI is InChI=1S/C24H21N9O2/c1-13-2-3-17-16(11-30-33-17)20(13)15-10-19(31-22(21(15)25)23(26)34)18-5-8-28-24(32-18)35-9-6-14-4-7-27-12-29-14/h2-5,7-8,10-12H,6,9,25H2,1H3,(H2,26,34)(H,30,33). The van der Waals surface area contributed by atoms with E-state index in [0.29, 0.717) is 30.0 Å². The van der Waals surface area contributed by atoms with Crippen molar-refractivity contribution in [2.24, 2.45) is 5.73 Å². The Labute approximate surface area is 199 Å². The molecule has 0 aliphatic heterocycles. The molecule has 5 N–H and O–H groups in total. The zero-order chi connectivity index (χ0) is 24.4. The molecule has 5 aromatic rings. The number of pyridine rings is 1. The average molecular weight is 467 g/mol. The Morgan fingerprint density at radius 3 is 2.77 bits per heavy atom. The van der Waals surface area contributed by atoms with E-state index in [4.69, 9.17) is 16.2 Å². The summed E-state index contributed by atoms with van der Waals surface area (Å²) in [5.41, 5.74) is 17.1. The van der Waals surface area contributed by atoms with Gasteiger partial charge >= 0.3 is 6.01 Å². The molecule has 1 aromatic carbocycles. The van der Waals surface area contributed by atoms with Crippen molar-refractivity contribution in [2.45, 2.75) is 13.3 Å². The van der Waals surface area contributed by atoms with Crippen LogP contribution in [-0.4, -0.2) is 47.6 Å². The lowest BCUT2D eigenvalue weighted by Gasteiger charge is -2.15. The Balaban J connectivity index is 1.54. The van der Waals surface area contributed by atoms with Gasteiger partial charge in [0, 0.05) is 35.5 Å². The molecule has 11 heteroatoms. The Morgan fingerprint density at radius 1 is 1.09 bits per heavy atom. The number of hydrogen-bond donors (Lipinski definition) is 3. The van der Waals surface area contributed by atoms with Gasteiger partial charge in [-0.05, 0) is 42.3 Å². The van der Waals surface area contributed by atoms with Gasteiger partial charge in [-0.2, -0.15) is 10.1 Å². The lowest BCUT2D eigenvalue weighted by molar-refractivity contribution is 0.0996. The number of aromatic nitrogens is 7. The van der Waals surface area contributed by atoms with E-state index in [-0.39, 0.29) is 17.4 Å². The number of aromatic amines is 1. The first-order valence-electron chi connectivity index (χ1n) is 10.8. The van der Waals surface area contributed by atoms with Crippen molar-refractivity contribution in [3.63, 3.8) is 0 Å². The molecule has 0 saturated carbocycles. The molecular weight excluding hydrogens is 446 g/mol. The molecule has 5 rings (SSSR count). The SMILES string of the molecule is Cc1ccc2[nH]ncc2c1-c1cc(-c2ccnc(OCCc3ccncn3)n2)nc(C(N)=O)c1N. The molecule has 0 atom stereocenters. The van der Waals surface area contributed by atoms with Crippen molar-refractivity contribution in [1.29, 1.82) is 0 Å². The first kappa shape index (κ1) is 21.9. The van der Waals surface area contributed by atoms with E-state index in [1.165, 1.54) is 6.33 Å². The molecule has 0 bridgehead atoms. The van der Waals surface area contributed by atoms with Crippen LogP contribution in [0.2, 0.25) is 0 Å². The Bertz CT molecular complexity index is 1530. The molecule has 0 radical (unpaired) electrons. The van der Waals surface area contributed by atoms with Gasteiger partial charge < -0.3 is 16.2 Å². The van der Waals surface area contributed by atoms with Crippen LogP contribution in [0.1, 0.15) is 21.7 Å². The van der Waals surface area contributed by atoms with Gasteiger partial charge in [0.1, 0.15) is 6.33 Å². The number of rotatable bonds is 7. The number of anilines is 1. The normalized spacial score (nSPS) is 11.0. The van der Waals surface area contributed by atoms with Gasteiger partial charge in [0.2, 0.25) is 0 Å². The largest absolute Gasteiger partial charge is 0.463 e. The number of carbonyl (C=O) groups is 1. The van der Waals surface area contributed by atoms with Crippen LogP contribution in [0.15, 0.2) is 55.2 Å². The first-order valence-corrected chi connectivity index (χ1v) is 10.8. The van der Waals surface area contributed by atoms with E-state index in [1.807, 2.05) is 25.1 Å². The topological polar surface area (TPSA) is 171 Å². The van der Waals surface area contributed by atoms with Crippen LogP contribution in [0.4, 0.5) is 5.69 Å². The van der Waals surface area contributed by atoms with Crippen LogP contribution in [0.5, 0.6) is 6.01 Å². The summed E-state index contributed by atoms with van der Waals surface area (Å²) in [5.74, 6) is -0.738. The number of primary amides is 1. The summed E-state index contributed by atoms with van der Waals surface area (Å²) in [6.07, 6.45) is 7.01. The number of nitrogens with zero attached hydrogens (tertiary/aromatic N) is 6. The predicted octanol–water partition coefficient (Wildman–Crippen LogP) is 2.48. The number of aryl methyl sites for hydroxylation is 1. The molecule has 0 aliphatic rings. The number of benzene rings is 1. The smallest absolute Gasteiger partial charge is 0.316 e.